The summed E-state index contributed by atoms with van der Waals surface area (Å²) >= 11 is 1.59. The van der Waals surface area contributed by atoms with Gasteiger partial charge in [0.25, 0.3) is 0 Å². The fourth-order valence-electron chi connectivity index (χ4n) is 2.75. The molecule has 1 fully saturated rings. The van der Waals surface area contributed by atoms with Crippen LogP contribution < -0.4 is 5.32 Å². The molecule has 0 bridgehead atoms. The molecule has 5 nitrogen and oxygen atoms in total. The Morgan fingerprint density at radius 3 is 2.88 bits per heavy atom. The van der Waals surface area contributed by atoms with Gasteiger partial charge in [-0.1, -0.05) is 29.8 Å². The van der Waals surface area contributed by atoms with Crippen LogP contribution >= 0.6 is 11.3 Å². The number of ether oxygens (including phenoxy) is 1. The Balaban J connectivity index is 1.57. The zero-order valence-corrected chi connectivity index (χ0v) is 14.9. The minimum atomic E-state index is -0.0863. The maximum absolute atomic E-state index is 12.6. The van der Waals surface area contributed by atoms with E-state index in [-0.39, 0.29) is 12.1 Å². The van der Waals surface area contributed by atoms with Gasteiger partial charge in [-0.05, 0) is 25.8 Å². The largest absolute Gasteiger partial charge is 0.377 e. The molecule has 2 aromatic rings. The molecule has 1 aliphatic rings. The fraction of sp³-hybridized carbons (Fsp3) is 0.444. The zero-order valence-electron chi connectivity index (χ0n) is 14.1. The van der Waals surface area contributed by atoms with Gasteiger partial charge in [-0.15, -0.1) is 11.3 Å². The van der Waals surface area contributed by atoms with Crippen molar-refractivity contribution in [3.05, 3.63) is 51.5 Å². The van der Waals surface area contributed by atoms with E-state index in [1.807, 2.05) is 17.2 Å². The Labute approximate surface area is 146 Å². The Hall–Kier alpha value is -1.92. The smallest absolute Gasteiger partial charge is 0.318 e. The lowest BCUT2D eigenvalue weighted by atomic mass is 10.1. The molecule has 2 amide bonds. The summed E-state index contributed by atoms with van der Waals surface area (Å²) in [6.07, 6.45) is 0.831. The summed E-state index contributed by atoms with van der Waals surface area (Å²) in [5.41, 5.74) is 3.47. The standard InChI is InChI=1S/C18H23N3O2S/c1-13-3-5-15(6-4-13)7-8-19-18(22)21-9-10-23-11-16(21)17-20-14(2)12-24-17/h3-6,12,16H,7-11H2,1-2H3,(H,19,22)/t16-/m1/s1. The summed E-state index contributed by atoms with van der Waals surface area (Å²) in [5.74, 6) is 0. The van der Waals surface area contributed by atoms with Crippen LogP contribution in [0.5, 0.6) is 0 Å². The molecule has 0 unspecified atom stereocenters. The molecular formula is C18H23N3O2S. The second-order valence-corrected chi connectivity index (χ2v) is 6.97. The van der Waals surface area contributed by atoms with E-state index in [2.05, 4.69) is 41.5 Å². The van der Waals surface area contributed by atoms with E-state index in [4.69, 9.17) is 4.74 Å². The van der Waals surface area contributed by atoms with Crippen molar-refractivity contribution in [2.45, 2.75) is 26.3 Å². The minimum Gasteiger partial charge on any atom is -0.377 e. The predicted octanol–water partition coefficient (Wildman–Crippen LogP) is 3.09. The topological polar surface area (TPSA) is 54.5 Å². The molecule has 1 saturated heterocycles. The van der Waals surface area contributed by atoms with Gasteiger partial charge in [-0.2, -0.15) is 0 Å². The van der Waals surface area contributed by atoms with E-state index < -0.39 is 0 Å². The number of hydrogen-bond acceptors (Lipinski definition) is 4. The van der Waals surface area contributed by atoms with Gasteiger partial charge in [-0.25, -0.2) is 9.78 Å². The highest BCUT2D eigenvalue weighted by atomic mass is 32.1. The van der Waals surface area contributed by atoms with Crippen LogP contribution in [0.15, 0.2) is 29.6 Å². The zero-order chi connectivity index (χ0) is 16.9. The minimum absolute atomic E-state index is 0.0386. The van der Waals surface area contributed by atoms with E-state index >= 15 is 0 Å². The number of hydrogen-bond donors (Lipinski definition) is 1. The van der Waals surface area contributed by atoms with Gasteiger partial charge in [0.2, 0.25) is 0 Å². The molecule has 2 heterocycles. The molecule has 128 valence electrons. The van der Waals surface area contributed by atoms with Gasteiger partial charge < -0.3 is 15.0 Å². The van der Waals surface area contributed by atoms with Crippen molar-refractivity contribution in [1.82, 2.24) is 15.2 Å². The summed E-state index contributed by atoms with van der Waals surface area (Å²) in [5, 5.41) is 5.99. The third-order valence-electron chi connectivity index (χ3n) is 4.12. The van der Waals surface area contributed by atoms with Gasteiger partial charge in [0, 0.05) is 24.2 Å². The summed E-state index contributed by atoms with van der Waals surface area (Å²) in [7, 11) is 0. The fourth-order valence-corrected chi connectivity index (χ4v) is 3.64. The van der Waals surface area contributed by atoms with Crippen molar-refractivity contribution in [2.75, 3.05) is 26.3 Å². The van der Waals surface area contributed by atoms with Crippen LogP contribution in [0.1, 0.15) is 27.9 Å². The summed E-state index contributed by atoms with van der Waals surface area (Å²) in [6, 6.07) is 8.29. The van der Waals surface area contributed by atoms with Crippen molar-refractivity contribution < 1.29 is 9.53 Å². The van der Waals surface area contributed by atoms with Gasteiger partial charge in [0.05, 0.1) is 13.2 Å². The second-order valence-electron chi connectivity index (χ2n) is 6.08. The average molecular weight is 345 g/mol. The predicted molar refractivity (Wildman–Crippen MR) is 95.4 cm³/mol. The molecule has 1 N–H and O–H groups in total. The molecule has 0 aliphatic carbocycles. The summed E-state index contributed by atoms with van der Waals surface area (Å²) in [4.78, 5) is 18.9. The first-order chi connectivity index (χ1) is 11.6. The van der Waals surface area contributed by atoms with Crippen LogP contribution in [0.25, 0.3) is 0 Å². The molecule has 0 spiro atoms. The van der Waals surface area contributed by atoms with E-state index in [0.29, 0.717) is 26.3 Å². The number of amides is 2. The monoisotopic (exact) mass is 345 g/mol. The van der Waals surface area contributed by atoms with Crippen LogP contribution in [-0.2, 0) is 11.2 Å². The van der Waals surface area contributed by atoms with Crippen molar-refractivity contribution >= 4 is 17.4 Å². The SMILES string of the molecule is Cc1ccc(CCNC(=O)N2CCOC[C@@H]2c2nc(C)cs2)cc1. The van der Waals surface area contributed by atoms with Crippen LogP contribution in [0.4, 0.5) is 4.79 Å². The molecule has 3 rings (SSSR count). The van der Waals surface area contributed by atoms with Gasteiger partial charge >= 0.3 is 6.03 Å². The Morgan fingerprint density at radius 2 is 2.17 bits per heavy atom. The van der Waals surface area contributed by atoms with Gasteiger partial charge in [-0.3, -0.25) is 0 Å². The molecule has 1 aromatic heterocycles. The van der Waals surface area contributed by atoms with E-state index in [9.17, 15) is 4.79 Å². The number of nitrogens with one attached hydrogen (secondary N) is 1. The van der Waals surface area contributed by atoms with Crippen molar-refractivity contribution in [2.24, 2.45) is 0 Å². The van der Waals surface area contributed by atoms with Crippen molar-refractivity contribution in [1.29, 1.82) is 0 Å². The number of carbonyl (C=O) groups excluding carboxylic acids is 1. The molecular weight excluding hydrogens is 322 g/mol. The second kappa shape index (κ2) is 7.77. The Morgan fingerprint density at radius 1 is 1.38 bits per heavy atom. The highest BCUT2D eigenvalue weighted by molar-refractivity contribution is 7.09. The number of morpholine rings is 1. The first-order valence-corrected chi connectivity index (χ1v) is 9.11. The molecule has 1 atom stereocenters. The third-order valence-corrected chi connectivity index (χ3v) is 5.19. The number of thiazole rings is 1. The summed E-state index contributed by atoms with van der Waals surface area (Å²) in [6.45, 7) is 6.35. The summed E-state index contributed by atoms with van der Waals surface area (Å²) < 4.78 is 5.56. The van der Waals surface area contributed by atoms with Crippen molar-refractivity contribution in [3.63, 3.8) is 0 Å². The highest BCUT2D eigenvalue weighted by Crippen LogP contribution is 2.26. The lowest BCUT2D eigenvalue weighted by Crippen LogP contribution is -2.48. The van der Waals surface area contributed by atoms with Crippen LogP contribution in [0.2, 0.25) is 0 Å². The quantitative estimate of drug-likeness (QED) is 0.926. The van der Waals surface area contributed by atoms with E-state index in [0.717, 1.165) is 17.1 Å². The first-order valence-electron chi connectivity index (χ1n) is 8.23. The lowest BCUT2D eigenvalue weighted by molar-refractivity contribution is 0.0116. The maximum atomic E-state index is 12.6. The van der Waals surface area contributed by atoms with E-state index in [1.165, 1.54) is 11.1 Å². The molecule has 1 aromatic carbocycles. The maximum Gasteiger partial charge on any atom is 0.318 e. The lowest BCUT2D eigenvalue weighted by Gasteiger charge is -2.34. The van der Waals surface area contributed by atoms with Crippen LogP contribution in [-0.4, -0.2) is 42.2 Å². The number of carbonyl (C=O) groups is 1. The third kappa shape index (κ3) is 4.13. The normalized spacial score (nSPS) is 17.8. The highest BCUT2D eigenvalue weighted by Gasteiger charge is 2.30. The van der Waals surface area contributed by atoms with Gasteiger partial charge in [0.1, 0.15) is 11.0 Å². The molecule has 6 heteroatoms. The number of aryl methyl sites for hydroxylation is 2. The molecule has 0 saturated carbocycles. The van der Waals surface area contributed by atoms with Crippen molar-refractivity contribution in [3.8, 4) is 0 Å². The van der Waals surface area contributed by atoms with E-state index in [1.54, 1.807) is 11.3 Å². The molecule has 1 aliphatic heterocycles. The van der Waals surface area contributed by atoms with Gasteiger partial charge in [0.15, 0.2) is 0 Å². The number of rotatable bonds is 4. The van der Waals surface area contributed by atoms with Crippen LogP contribution in [0.3, 0.4) is 0 Å². The first kappa shape index (κ1) is 16.9. The average Bonchev–Trinajstić information content (AvgIpc) is 3.03. The Kier molecular flexibility index (Phi) is 5.48. The number of urea groups is 1. The number of aromatic nitrogens is 1. The molecule has 24 heavy (non-hydrogen) atoms. The van der Waals surface area contributed by atoms with Crippen LogP contribution in [0, 0.1) is 13.8 Å². The molecule has 0 radical (unpaired) electrons. The Bertz CT molecular complexity index is 684. The number of benzene rings is 1. The number of nitrogens with zero attached hydrogens (tertiary/aromatic N) is 2.